The average Bonchev–Trinajstić information content (AvgIpc) is 0.671. The minimum atomic E-state index is -2.47. The van der Waals surface area contributed by atoms with Crippen LogP contribution in [0.2, 0.25) is 0 Å². The van der Waals surface area contributed by atoms with E-state index in [-0.39, 0.29) is 68.4 Å². The van der Waals surface area contributed by atoms with Crippen molar-refractivity contribution < 1.29 is 101 Å². The lowest BCUT2D eigenvalue weighted by molar-refractivity contribution is -0.346. The third kappa shape index (κ3) is 16.7. The van der Waals surface area contributed by atoms with E-state index in [4.69, 9.17) is 29.4 Å². The molecule has 2 bridgehead atoms. The molecule has 4 aliphatic rings. The maximum atomic E-state index is 15.4. The number of carbonyl (C=O) groups excluding carboxylic acids is 10. The standard InChI is InChI=1S/C69H87FN6O20/c1-37-46(35-69(91)58(95-62(88)42-22-14-11-15-23-42)56-67(9,57(83)54(82)52(37)66(69,7)8)47(78)34-48-68(56,36-93-48)96-39(3)77)94-63(89)55(53(41-20-12-10-13-21-41)76-64(90)65(4,5)6)92-32-30-49(79)72-31-17-16-25-45(61(86)87)74-51(81)29-27-44(59(71)84)75-60(85)38(2)73-50(80)28-26-40-19-18-24-43(70)33-40/h10-15,18-24,26,28,33,38,44-48,53-56,58,78,82,91H,16-17,25,27,29-32,34-36H2,1-9H3,(H2,71,84)(H,72,79)(H,73,80)(H,74,81)(H,75,85)(H,76,90)(H,86,87)/b28-26+/t38-,44+,45-,46-,47-,48+,53-,54+,55+,56-,58-,67+,68-,69+/m0/s1. The maximum Gasteiger partial charge on any atom is 0.338 e. The molecule has 14 atom stereocenters. The SMILES string of the molecule is CC(=O)O[C@@]12CO[C@@H]1C[C@H](O)[C@@]1(C)C(=O)[C@H](O)C3=C(C)[C@@H](OC(=O)[C@H](OCCC(=O)NCCCC[C@H](NC(=O)CC[C@@H](NC(=O)[C@H](C)NC(=O)/C=C/c4cccc(F)c4)C(N)=O)C(=O)O)[C@@H](NC(=O)C(C)(C)C)c4ccccc4)C[C@@](O)([C@@H](OC(=O)c4ccccc4)[C@H]21)C3(C)C. The predicted octanol–water partition coefficient (Wildman–Crippen LogP) is 3.28. The molecule has 0 unspecified atom stereocenters. The fourth-order valence-electron chi connectivity index (χ4n) is 13.2. The summed E-state index contributed by atoms with van der Waals surface area (Å²) in [5.74, 6) is -11.8. The van der Waals surface area contributed by atoms with E-state index in [1.807, 2.05) is 0 Å². The zero-order chi connectivity index (χ0) is 70.8. The number of carbonyl (C=O) groups is 11. The van der Waals surface area contributed by atoms with Gasteiger partial charge in [0.15, 0.2) is 17.5 Å². The molecule has 3 aromatic carbocycles. The van der Waals surface area contributed by atoms with Crippen molar-refractivity contribution in [3.05, 3.63) is 125 Å². The number of amides is 6. The lowest BCUT2D eigenvalue weighted by Crippen LogP contribution is -2.81. The summed E-state index contributed by atoms with van der Waals surface area (Å²) in [4.78, 5) is 148. The van der Waals surface area contributed by atoms with E-state index < -0.39 is 185 Å². The van der Waals surface area contributed by atoms with E-state index in [1.54, 1.807) is 75.4 Å². The first-order valence-corrected chi connectivity index (χ1v) is 31.8. The fraction of sp³-hybridized carbons (Fsp3) is 0.522. The molecular weight excluding hydrogens is 1250 g/mol. The topological polar surface area (TPSA) is 401 Å². The molecule has 0 aromatic heterocycles. The van der Waals surface area contributed by atoms with Gasteiger partial charge >= 0.3 is 23.9 Å². The van der Waals surface area contributed by atoms with Gasteiger partial charge in [-0.05, 0) is 99.1 Å². The highest BCUT2D eigenvalue weighted by atomic mass is 19.1. The summed E-state index contributed by atoms with van der Waals surface area (Å²) >= 11 is 0. The van der Waals surface area contributed by atoms with Gasteiger partial charge in [-0.2, -0.15) is 0 Å². The van der Waals surface area contributed by atoms with E-state index in [2.05, 4.69) is 26.6 Å². The molecule has 26 nitrogen and oxygen atoms in total. The molecule has 1 saturated heterocycles. The number of carboxylic acid groups (broad SMARTS) is 1. The van der Waals surface area contributed by atoms with Gasteiger partial charge in [0.2, 0.25) is 35.4 Å². The molecule has 96 heavy (non-hydrogen) atoms. The highest BCUT2D eigenvalue weighted by Crippen LogP contribution is 2.64. The molecule has 0 spiro atoms. The normalized spacial score (nSPS) is 25.8. The van der Waals surface area contributed by atoms with Crippen LogP contribution in [0, 0.1) is 28.0 Å². The lowest BCUT2D eigenvalue weighted by atomic mass is 9.44. The van der Waals surface area contributed by atoms with Crippen LogP contribution in [-0.4, -0.2) is 171 Å². The van der Waals surface area contributed by atoms with Crippen molar-refractivity contribution in [2.24, 2.45) is 27.9 Å². The van der Waals surface area contributed by atoms with Gasteiger partial charge in [0, 0.05) is 56.1 Å². The molecule has 6 amide bonds. The second-order valence-corrected chi connectivity index (χ2v) is 26.7. The number of rotatable bonds is 28. The number of hydrogen-bond donors (Lipinski definition) is 10. The number of benzene rings is 3. The summed E-state index contributed by atoms with van der Waals surface area (Å²) in [5, 5.41) is 61.2. The largest absolute Gasteiger partial charge is 0.480 e. The molecule has 520 valence electrons. The number of aliphatic carboxylic acids is 1. The summed E-state index contributed by atoms with van der Waals surface area (Å²) in [6, 6.07) is 16.1. The summed E-state index contributed by atoms with van der Waals surface area (Å²) in [6.45, 7) is 12.4. The number of unbranched alkanes of at least 4 members (excludes halogenated alkanes) is 1. The van der Waals surface area contributed by atoms with Crippen LogP contribution >= 0.6 is 0 Å². The van der Waals surface area contributed by atoms with Crippen LogP contribution in [0.3, 0.4) is 0 Å². The van der Waals surface area contributed by atoms with Crippen molar-refractivity contribution in [1.29, 1.82) is 0 Å². The number of ether oxygens (including phenoxy) is 5. The Balaban J connectivity index is 1.04. The molecule has 7 rings (SSSR count). The number of Topliss-reactive ketones (excluding diaryl/α,β-unsaturated/α-hetero) is 1. The summed E-state index contributed by atoms with van der Waals surface area (Å²) in [7, 11) is 0. The van der Waals surface area contributed by atoms with Crippen LogP contribution in [0.5, 0.6) is 0 Å². The van der Waals surface area contributed by atoms with Gasteiger partial charge in [-0.25, -0.2) is 18.8 Å². The molecule has 2 saturated carbocycles. The summed E-state index contributed by atoms with van der Waals surface area (Å²) in [6.07, 6.45) is -9.35. The number of nitrogens with one attached hydrogen (secondary N) is 5. The molecule has 1 heterocycles. The van der Waals surface area contributed by atoms with Gasteiger partial charge in [-0.3, -0.25) is 38.4 Å². The number of aliphatic hydroxyl groups excluding tert-OH is 2. The van der Waals surface area contributed by atoms with Crippen LogP contribution in [-0.2, 0) is 71.6 Å². The minimum Gasteiger partial charge on any atom is -0.480 e. The highest BCUT2D eigenvalue weighted by Gasteiger charge is 2.78. The Bertz CT molecular complexity index is 3490. The summed E-state index contributed by atoms with van der Waals surface area (Å²) < 4.78 is 44.6. The number of nitrogens with two attached hydrogens (primary N) is 1. The van der Waals surface area contributed by atoms with Gasteiger partial charge < -0.3 is 76.4 Å². The third-order valence-electron chi connectivity index (χ3n) is 18.7. The number of carboxylic acids is 1. The van der Waals surface area contributed by atoms with E-state index >= 15 is 9.59 Å². The monoisotopic (exact) mass is 1340 g/mol. The quantitative estimate of drug-likeness (QED) is 0.0164. The number of aliphatic hydroxyl groups is 3. The van der Waals surface area contributed by atoms with Crippen molar-refractivity contribution in [3.63, 3.8) is 0 Å². The Hall–Kier alpha value is -8.76. The van der Waals surface area contributed by atoms with Crippen LogP contribution in [0.4, 0.5) is 4.39 Å². The van der Waals surface area contributed by atoms with Crippen LogP contribution in [0.25, 0.3) is 6.08 Å². The van der Waals surface area contributed by atoms with Crippen molar-refractivity contribution in [1.82, 2.24) is 26.6 Å². The zero-order valence-electron chi connectivity index (χ0n) is 55.1. The van der Waals surface area contributed by atoms with E-state index in [9.17, 15) is 68.0 Å². The van der Waals surface area contributed by atoms with E-state index in [1.165, 1.54) is 71.0 Å². The fourth-order valence-corrected chi connectivity index (χ4v) is 13.2. The Morgan fingerprint density at radius 3 is 2.10 bits per heavy atom. The van der Waals surface area contributed by atoms with Crippen LogP contribution in [0.1, 0.15) is 141 Å². The molecule has 3 fully saturated rings. The maximum absolute atomic E-state index is 15.4. The molecule has 1 aliphatic heterocycles. The Morgan fingerprint density at radius 1 is 0.833 bits per heavy atom. The minimum absolute atomic E-state index is 0.0145. The van der Waals surface area contributed by atoms with Crippen molar-refractivity contribution >= 4 is 71.2 Å². The number of primary amides is 1. The molecule has 11 N–H and O–H groups in total. The molecule has 0 radical (unpaired) electrons. The van der Waals surface area contributed by atoms with Gasteiger partial charge in [0.05, 0.1) is 42.3 Å². The van der Waals surface area contributed by atoms with E-state index in [0.717, 1.165) is 13.0 Å². The number of fused-ring (bicyclic) bond motifs is 5. The van der Waals surface area contributed by atoms with Crippen LogP contribution < -0.4 is 32.3 Å². The van der Waals surface area contributed by atoms with Gasteiger partial charge in [-0.15, -0.1) is 0 Å². The second-order valence-electron chi connectivity index (χ2n) is 26.7. The number of halogens is 1. The van der Waals surface area contributed by atoms with Crippen molar-refractivity contribution in [2.45, 2.75) is 186 Å². The smallest absolute Gasteiger partial charge is 0.338 e. The van der Waals surface area contributed by atoms with Gasteiger partial charge in [0.25, 0.3) is 0 Å². The number of hydrogen-bond acceptors (Lipinski definition) is 19. The van der Waals surface area contributed by atoms with Gasteiger partial charge in [0.1, 0.15) is 54.0 Å². The molecular formula is C69H87FN6O20. The Morgan fingerprint density at radius 2 is 1.50 bits per heavy atom. The Kier molecular flexibility index (Phi) is 24.1. The zero-order valence-corrected chi connectivity index (χ0v) is 55.1. The molecule has 27 heteroatoms. The second kappa shape index (κ2) is 31.0. The Labute approximate surface area is 555 Å². The van der Waals surface area contributed by atoms with Crippen molar-refractivity contribution in [3.8, 4) is 0 Å². The molecule has 3 aliphatic carbocycles. The van der Waals surface area contributed by atoms with Crippen molar-refractivity contribution in [2.75, 3.05) is 19.8 Å². The third-order valence-corrected chi connectivity index (χ3v) is 18.7. The summed E-state index contributed by atoms with van der Waals surface area (Å²) in [5.41, 5.74) is -2.94. The average molecular weight is 1340 g/mol. The van der Waals surface area contributed by atoms with Gasteiger partial charge in [-0.1, -0.05) is 95.3 Å². The lowest BCUT2D eigenvalue weighted by Gasteiger charge is -2.67. The number of ketones is 1. The highest BCUT2D eigenvalue weighted by molar-refractivity contribution is 5.97. The molecule has 3 aromatic rings. The number of esters is 3. The first-order chi connectivity index (χ1) is 45.1. The predicted molar refractivity (Wildman–Crippen MR) is 340 cm³/mol. The first kappa shape index (κ1) is 74.6. The van der Waals surface area contributed by atoms with E-state index in [0.29, 0.717) is 11.1 Å². The first-order valence-electron chi connectivity index (χ1n) is 31.8. The van der Waals surface area contributed by atoms with Crippen LogP contribution in [0.15, 0.2) is 102 Å².